The van der Waals surface area contributed by atoms with Crippen molar-refractivity contribution >= 4 is 29.2 Å². The maximum atomic E-state index is 12.9. The Morgan fingerprint density at radius 3 is 2.46 bits per heavy atom. The van der Waals surface area contributed by atoms with Crippen molar-refractivity contribution in [1.29, 1.82) is 0 Å². The van der Waals surface area contributed by atoms with Gasteiger partial charge in [-0.3, -0.25) is 14.4 Å². The van der Waals surface area contributed by atoms with Gasteiger partial charge in [0.25, 0.3) is 17.7 Å². The van der Waals surface area contributed by atoms with E-state index in [-0.39, 0.29) is 16.7 Å². The molecule has 0 saturated heterocycles. The highest BCUT2D eigenvalue weighted by Crippen LogP contribution is 2.34. The molecule has 28 heavy (non-hydrogen) atoms. The van der Waals surface area contributed by atoms with Gasteiger partial charge in [0.05, 0.1) is 23.9 Å². The Hall–Kier alpha value is -4.00. The van der Waals surface area contributed by atoms with Crippen LogP contribution in [0.4, 0.5) is 11.5 Å². The molecule has 0 fully saturated rings. The zero-order valence-electron chi connectivity index (χ0n) is 14.9. The molecule has 7 nitrogen and oxygen atoms in total. The summed E-state index contributed by atoms with van der Waals surface area (Å²) in [5.74, 6) is -0.577. The van der Waals surface area contributed by atoms with Crippen molar-refractivity contribution < 1.29 is 19.1 Å². The van der Waals surface area contributed by atoms with Gasteiger partial charge in [-0.15, -0.1) is 0 Å². The van der Waals surface area contributed by atoms with E-state index in [2.05, 4.69) is 10.3 Å². The van der Waals surface area contributed by atoms with Gasteiger partial charge in [0.1, 0.15) is 11.6 Å². The highest BCUT2D eigenvalue weighted by Gasteiger charge is 2.38. The Labute approximate surface area is 160 Å². The number of anilines is 2. The normalized spacial score (nSPS) is 12.7. The molecule has 0 spiro atoms. The standard InChI is InChI=1S/C21H15N3O4/c1-28-17-7-3-2-6-16(17)24-20(26)14-10-9-13(12-15(14)21(24)27)19(25)23-18-8-4-5-11-22-18/h2-12H,1H3,(H,22,23,25). The Morgan fingerprint density at radius 2 is 1.71 bits per heavy atom. The van der Waals surface area contributed by atoms with E-state index in [1.165, 1.54) is 25.3 Å². The number of methoxy groups -OCH3 is 1. The van der Waals surface area contributed by atoms with Gasteiger partial charge in [0.15, 0.2) is 0 Å². The number of amides is 3. The van der Waals surface area contributed by atoms with E-state index in [9.17, 15) is 14.4 Å². The number of aromatic nitrogens is 1. The number of benzene rings is 2. The number of rotatable bonds is 4. The number of carbonyl (C=O) groups excluding carboxylic acids is 3. The summed E-state index contributed by atoms with van der Waals surface area (Å²) < 4.78 is 5.26. The minimum absolute atomic E-state index is 0.171. The number of carbonyl (C=O) groups is 3. The molecule has 0 atom stereocenters. The fourth-order valence-electron chi connectivity index (χ4n) is 3.04. The van der Waals surface area contributed by atoms with Crippen LogP contribution in [0.5, 0.6) is 5.75 Å². The maximum Gasteiger partial charge on any atom is 0.266 e. The summed E-state index contributed by atoms with van der Waals surface area (Å²) in [6, 6.07) is 16.3. The molecule has 1 aromatic heterocycles. The lowest BCUT2D eigenvalue weighted by molar-refractivity contribution is 0.0924. The van der Waals surface area contributed by atoms with Crippen LogP contribution in [0.15, 0.2) is 66.9 Å². The lowest BCUT2D eigenvalue weighted by Gasteiger charge is -2.16. The molecule has 0 radical (unpaired) electrons. The molecule has 2 aromatic carbocycles. The minimum atomic E-state index is -0.503. The molecule has 138 valence electrons. The summed E-state index contributed by atoms with van der Waals surface area (Å²) in [6.07, 6.45) is 1.56. The van der Waals surface area contributed by atoms with E-state index in [1.54, 1.807) is 48.7 Å². The third-order valence-corrected chi connectivity index (χ3v) is 4.38. The predicted molar refractivity (Wildman–Crippen MR) is 103 cm³/mol. The predicted octanol–water partition coefficient (Wildman–Crippen LogP) is 3.14. The van der Waals surface area contributed by atoms with Crippen LogP contribution in [-0.4, -0.2) is 29.8 Å². The minimum Gasteiger partial charge on any atom is -0.495 e. The second-order valence-corrected chi connectivity index (χ2v) is 6.05. The van der Waals surface area contributed by atoms with Crippen molar-refractivity contribution in [2.75, 3.05) is 17.3 Å². The summed E-state index contributed by atoms with van der Waals surface area (Å²) in [7, 11) is 1.47. The number of pyridine rings is 1. The fraction of sp³-hybridized carbons (Fsp3) is 0.0476. The lowest BCUT2D eigenvalue weighted by atomic mass is 10.1. The Bertz CT molecular complexity index is 1100. The number of hydrogen-bond acceptors (Lipinski definition) is 5. The molecule has 2 heterocycles. The molecule has 0 aliphatic carbocycles. The zero-order valence-corrected chi connectivity index (χ0v) is 14.9. The summed E-state index contributed by atoms with van der Waals surface area (Å²) in [4.78, 5) is 43.3. The monoisotopic (exact) mass is 373 g/mol. The van der Waals surface area contributed by atoms with Gasteiger partial charge >= 0.3 is 0 Å². The average molecular weight is 373 g/mol. The summed E-state index contributed by atoms with van der Waals surface area (Å²) in [5.41, 5.74) is 1.03. The molecule has 1 N–H and O–H groups in total. The van der Waals surface area contributed by atoms with Gasteiger partial charge in [-0.05, 0) is 42.5 Å². The Morgan fingerprint density at radius 1 is 0.964 bits per heavy atom. The van der Waals surface area contributed by atoms with Gasteiger partial charge in [-0.25, -0.2) is 9.88 Å². The first-order chi connectivity index (χ1) is 13.6. The Balaban J connectivity index is 1.67. The molecule has 0 bridgehead atoms. The zero-order chi connectivity index (χ0) is 19.7. The average Bonchev–Trinajstić information content (AvgIpc) is 2.98. The quantitative estimate of drug-likeness (QED) is 0.710. The van der Waals surface area contributed by atoms with Crippen molar-refractivity contribution in [1.82, 2.24) is 4.98 Å². The van der Waals surface area contributed by atoms with Gasteiger partial charge in [-0.2, -0.15) is 0 Å². The molecular weight excluding hydrogens is 358 g/mol. The number of ether oxygens (including phenoxy) is 1. The molecule has 1 aliphatic rings. The topological polar surface area (TPSA) is 88.6 Å². The highest BCUT2D eigenvalue weighted by atomic mass is 16.5. The molecule has 3 aromatic rings. The van der Waals surface area contributed by atoms with E-state index in [0.717, 1.165) is 4.90 Å². The van der Waals surface area contributed by atoms with Crippen LogP contribution >= 0.6 is 0 Å². The van der Waals surface area contributed by atoms with Crippen LogP contribution in [0.25, 0.3) is 0 Å². The summed E-state index contributed by atoms with van der Waals surface area (Å²) in [5, 5.41) is 2.66. The van der Waals surface area contributed by atoms with E-state index >= 15 is 0 Å². The summed E-state index contributed by atoms with van der Waals surface area (Å²) in [6.45, 7) is 0. The van der Waals surface area contributed by atoms with E-state index in [4.69, 9.17) is 4.74 Å². The van der Waals surface area contributed by atoms with E-state index < -0.39 is 17.7 Å². The number of nitrogens with one attached hydrogen (secondary N) is 1. The number of nitrogens with zero attached hydrogens (tertiary/aromatic N) is 2. The van der Waals surface area contributed by atoms with Crippen LogP contribution in [0, 0.1) is 0 Å². The molecular formula is C21H15N3O4. The number of fused-ring (bicyclic) bond motifs is 1. The first kappa shape index (κ1) is 17.4. The maximum absolute atomic E-state index is 12.9. The first-order valence-corrected chi connectivity index (χ1v) is 8.48. The van der Waals surface area contributed by atoms with E-state index in [0.29, 0.717) is 17.3 Å². The second kappa shape index (κ2) is 6.96. The number of para-hydroxylation sites is 2. The third-order valence-electron chi connectivity index (χ3n) is 4.38. The molecule has 0 saturated carbocycles. The van der Waals surface area contributed by atoms with Crippen LogP contribution in [-0.2, 0) is 0 Å². The van der Waals surface area contributed by atoms with Crippen LogP contribution in [0.1, 0.15) is 31.1 Å². The van der Waals surface area contributed by atoms with E-state index in [1.807, 2.05) is 0 Å². The third kappa shape index (κ3) is 2.88. The van der Waals surface area contributed by atoms with Crippen LogP contribution in [0.3, 0.4) is 0 Å². The van der Waals surface area contributed by atoms with Crippen molar-refractivity contribution in [3.05, 3.63) is 83.6 Å². The van der Waals surface area contributed by atoms with Crippen LogP contribution < -0.4 is 15.0 Å². The molecule has 0 unspecified atom stereocenters. The van der Waals surface area contributed by atoms with Crippen molar-refractivity contribution in [3.63, 3.8) is 0 Å². The smallest absolute Gasteiger partial charge is 0.266 e. The van der Waals surface area contributed by atoms with Gasteiger partial charge in [0, 0.05) is 11.8 Å². The first-order valence-electron chi connectivity index (χ1n) is 8.48. The van der Waals surface area contributed by atoms with Crippen molar-refractivity contribution in [2.24, 2.45) is 0 Å². The summed E-state index contributed by atoms with van der Waals surface area (Å²) >= 11 is 0. The molecule has 3 amide bonds. The van der Waals surface area contributed by atoms with Gasteiger partial charge < -0.3 is 10.1 Å². The SMILES string of the molecule is COc1ccccc1N1C(=O)c2ccc(C(=O)Nc3ccccn3)cc2C1=O. The van der Waals surface area contributed by atoms with Crippen LogP contribution in [0.2, 0.25) is 0 Å². The van der Waals surface area contributed by atoms with Crippen molar-refractivity contribution in [2.45, 2.75) is 0 Å². The largest absolute Gasteiger partial charge is 0.495 e. The Kier molecular flexibility index (Phi) is 4.33. The van der Waals surface area contributed by atoms with Gasteiger partial charge in [-0.1, -0.05) is 18.2 Å². The van der Waals surface area contributed by atoms with Gasteiger partial charge in [0.2, 0.25) is 0 Å². The van der Waals surface area contributed by atoms with Crippen molar-refractivity contribution in [3.8, 4) is 5.75 Å². The second-order valence-electron chi connectivity index (χ2n) is 6.05. The number of imide groups is 1. The molecule has 7 heteroatoms. The molecule has 1 aliphatic heterocycles. The number of hydrogen-bond donors (Lipinski definition) is 1. The fourth-order valence-corrected chi connectivity index (χ4v) is 3.04. The highest BCUT2D eigenvalue weighted by molar-refractivity contribution is 6.35. The molecule has 4 rings (SSSR count). The lowest BCUT2D eigenvalue weighted by Crippen LogP contribution is -2.29.